The second-order valence-electron chi connectivity index (χ2n) is 7.62. The van der Waals surface area contributed by atoms with Crippen LogP contribution in [-0.4, -0.2) is 18.5 Å². The number of rotatable bonds is 6. The molecule has 0 atom stereocenters. The van der Waals surface area contributed by atoms with Crippen LogP contribution < -0.4 is 5.32 Å². The van der Waals surface area contributed by atoms with E-state index in [1.807, 2.05) is 55.5 Å². The third-order valence-corrected chi connectivity index (χ3v) is 5.45. The summed E-state index contributed by atoms with van der Waals surface area (Å²) in [5.74, 6) is -0.315. The predicted octanol–water partition coefficient (Wildman–Crippen LogP) is 4.72. The summed E-state index contributed by atoms with van der Waals surface area (Å²) in [5.41, 5.74) is 3.28. The first-order valence-electron chi connectivity index (χ1n) is 9.56. The summed E-state index contributed by atoms with van der Waals surface area (Å²) in [6.45, 7) is 5.88. The lowest BCUT2D eigenvalue weighted by Gasteiger charge is -2.39. The molecule has 0 radical (unpaired) electrons. The van der Waals surface area contributed by atoms with Crippen molar-refractivity contribution in [3.8, 4) is 0 Å². The normalized spacial score (nSPS) is 15.1. The Balaban J connectivity index is 1.66. The minimum atomic E-state index is -0.590. The average molecular weight is 365 g/mol. The number of hydrogen-bond donors (Lipinski definition) is 1. The Labute approximate surface area is 160 Å². The molecule has 0 aliphatic heterocycles. The van der Waals surface area contributed by atoms with Crippen LogP contribution in [-0.2, 0) is 19.7 Å². The molecule has 142 valence electrons. The van der Waals surface area contributed by atoms with Crippen LogP contribution >= 0.6 is 0 Å². The first kappa shape index (κ1) is 19.2. The highest BCUT2D eigenvalue weighted by Gasteiger charge is 2.47. The molecule has 0 aromatic heterocycles. The van der Waals surface area contributed by atoms with Crippen LogP contribution in [0.1, 0.15) is 55.7 Å². The Hall–Kier alpha value is -2.62. The van der Waals surface area contributed by atoms with Gasteiger partial charge in [0.05, 0.1) is 5.41 Å². The number of para-hydroxylation sites is 1. The molecule has 0 heterocycles. The molecule has 4 heteroatoms. The van der Waals surface area contributed by atoms with Crippen LogP contribution in [0.25, 0.3) is 0 Å². The van der Waals surface area contributed by atoms with Gasteiger partial charge in [-0.2, -0.15) is 0 Å². The predicted molar refractivity (Wildman–Crippen MR) is 107 cm³/mol. The van der Waals surface area contributed by atoms with E-state index in [2.05, 4.69) is 19.2 Å². The number of esters is 1. The van der Waals surface area contributed by atoms with Crippen molar-refractivity contribution in [2.24, 2.45) is 0 Å². The molecule has 0 saturated heterocycles. The Bertz CT molecular complexity index is 823. The van der Waals surface area contributed by atoms with Gasteiger partial charge in [0.2, 0.25) is 0 Å². The molecule has 1 saturated carbocycles. The number of anilines is 1. The van der Waals surface area contributed by atoms with Crippen LogP contribution in [0.5, 0.6) is 0 Å². The van der Waals surface area contributed by atoms with Crippen molar-refractivity contribution in [2.45, 2.75) is 51.4 Å². The summed E-state index contributed by atoms with van der Waals surface area (Å²) < 4.78 is 5.43. The molecule has 1 fully saturated rings. The zero-order valence-electron chi connectivity index (χ0n) is 16.2. The molecule has 4 nitrogen and oxygen atoms in total. The van der Waals surface area contributed by atoms with Gasteiger partial charge in [0.1, 0.15) is 0 Å². The van der Waals surface area contributed by atoms with E-state index < -0.39 is 5.41 Å². The fourth-order valence-corrected chi connectivity index (χ4v) is 3.69. The van der Waals surface area contributed by atoms with E-state index in [1.165, 1.54) is 0 Å². The van der Waals surface area contributed by atoms with Crippen molar-refractivity contribution >= 4 is 17.6 Å². The van der Waals surface area contributed by atoms with Gasteiger partial charge in [0.15, 0.2) is 6.61 Å². The van der Waals surface area contributed by atoms with Gasteiger partial charge >= 0.3 is 5.97 Å². The number of hydrogen-bond acceptors (Lipinski definition) is 3. The van der Waals surface area contributed by atoms with Crippen LogP contribution in [0, 0.1) is 6.92 Å². The quantitative estimate of drug-likeness (QED) is 0.754. The van der Waals surface area contributed by atoms with E-state index in [0.717, 1.165) is 41.6 Å². The van der Waals surface area contributed by atoms with Gasteiger partial charge in [-0.05, 0) is 42.4 Å². The van der Waals surface area contributed by atoms with Crippen molar-refractivity contribution in [1.82, 2.24) is 0 Å². The number of aryl methyl sites for hydroxylation is 1. The lowest BCUT2D eigenvalue weighted by atomic mass is 9.64. The fourth-order valence-electron chi connectivity index (χ4n) is 3.69. The first-order chi connectivity index (χ1) is 12.9. The highest BCUT2D eigenvalue weighted by atomic mass is 16.5. The minimum absolute atomic E-state index is 0.265. The smallest absolute Gasteiger partial charge is 0.317 e. The Morgan fingerprint density at radius 3 is 2.37 bits per heavy atom. The van der Waals surface area contributed by atoms with Crippen LogP contribution in [0.3, 0.4) is 0 Å². The maximum atomic E-state index is 12.7. The molecule has 0 bridgehead atoms. The molecule has 1 aliphatic carbocycles. The third kappa shape index (κ3) is 3.90. The molecular formula is C23H27NO3. The topological polar surface area (TPSA) is 55.4 Å². The molecule has 1 amide bonds. The fraction of sp³-hybridized carbons (Fsp3) is 0.391. The molecule has 1 N–H and O–H groups in total. The van der Waals surface area contributed by atoms with E-state index in [4.69, 9.17) is 4.74 Å². The maximum Gasteiger partial charge on any atom is 0.317 e. The van der Waals surface area contributed by atoms with Gasteiger partial charge in [-0.15, -0.1) is 0 Å². The zero-order valence-corrected chi connectivity index (χ0v) is 16.2. The van der Waals surface area contributed by atoms with Crippen molar-refractivity contribution in [1.29, 1.82) is 0 Å². The number of benzene rings is 2. The van der Waals surface area contributed by atoms with Crippen molar-refractivity contribution in [3.63, 3.8) is 0 Å². The number of carbonyl (C=O) groups is 2. The van der Waals surface area contributed by atoms with E-state index in [1.54, 1.807) is 0 Å². The first-order valence-corrected chi connectivity index (χ1v) is 9.56. The summed E-state index contributed by atoms with van der Waals surface area (Å²) >= 11 is 0. The summed E-state index contributed by atoms with van der Waals surface area (Å²) in [5, 5.41) is 2.93. The molecule has 3 rings (SSSR count). The summed E-state index contributed by atoms with van der Waals surface area (Å²) in [6, 6.07) is 15.7. The van der Waals surface area contributed by atoms with Crippen molar-refractivity contribution in [2.75, 3.05) is 11.9 Å². The molecular weight excluding hydrogens is 338 g/mol. The minimum Gasteiger partial charge on any atom is -0.455 e. The van der Waals surface area contributed by atoms with Gasteiger partial charge < -0.3 is 10.1 Å². The van der Waals surface area contributed by atoms with E-state index in [9.17, 15) is 9.59 Å². The molecule has 0 unspecified atom stereocenters. The number of ether oxygens (including phenoxy) is 1. The van der Waals surface area contributed by atoms with Gasteiger partial charge in [-0.25, -0.2) is 0 Å². The second kappa shape index (κ2) is 7.95. The van der Waals surface area contributed by atoms with Gasteiger partial charge in [-0.1, -0.05) is 68.8 Å². The van der Waals surface area contributed by atoms with E-state index in [0.29, 0.717) is 5.92 Å². The number of carbonyl (C=O) groups excluding carboxylic acids is 2. The maximum absolute atomic E-state index is 12.7. The molecule has 1 aliphatic rings. The lowest BCUT2D eigenvalue weighted by Crippen LogP contribution is -2.44. The highest BCUT2D eigenvalue weighted by molar-refractivity contribution is 5.95. The van der Waals surface area contributed by atoms with Crippen LogP contribution in [0.2, 0.25) is 0 Å². The summed E-state index contributed by atoms with van der Waals surface area (Å²) in [7, 11) is 0. The number of amides is 1. The standard InChI is InChI=1S/C23H27NO3/c1-16(2)19-12-7-9-17(3)21(19)24-20(25)15-27-22(26)23(13-8-14-23)18-10-5-4-6-11-18/h4-7,9-12,16H,8,13-15H2,1-3H3,(H,24,25). The molecule has 0 spiro atoms. The molecule has 2 aromatic carbocycles. The SMILES string of the molecule is Cc1cccc(C(C)C)c1NC(=O)COC(=O)C1(c2ccccc2)CCC1. The monoisotopic (exact) mass is 365 g/mol. The van der Waals surface area contributed by atoms with Gasteiger partial charge in [-0.3, -0.25) is 9.59 Å². The van der Waals surface area contributed by atoms with Crippen LogP contribution in [0.4, 0.5) is 5.69 Å². The van der Waals surface area contributed by atoms with Crippen molar-refractivity contribution < 1.29 is 14.3 Å². The Morgan fingerprint density at radius 1 is 1.07 bits per heavy atom. The Kier molecular flexibility index (Phi) is 5.64. The third-order valence-electron chi connectivity index (χ3n) is 5.45. The molecule has 27 heavy (non-hydrogen) atoms. The van der Waals surface area contributed by atoms with Gasteiger partial charge in [0, 0.05) is 5.69 Å². The zero-order chi connectivity index (χ0) is 19.4. The van der Waals surface area contributed by atoms with E-state index in [-0.39, 0.29) is 18.5 Å². The molecule has 2 aromatic rings. The average Bonchev–Trinajstić information content (AvgIpc) is 2.61. The number of nitrogens with one attached hydrogen (secondary N) is 1. The highest BCUT2D eigenvalue weighted by Crippen LogP contribution is 2.44. The lowest BCUT2D eigenvalue weighted by molar-refractivity contribution is -0.156. The second-order valence-corrected chi connectivity index (χ2v) is 7.62. The van der Waals surface area contributed by atoms with Crippen LogP contribution in [0.15, 0.2) is 48.5 Å². The summed E-state index contributed by atoms with van der Waals surface area (Å²) in [4.78, 5) is 25.2. The Morgan fingerprint density at radius 2 is 1.78 bits per heavy atom. The largest absolute Gasteiger partial charge is 0.455 e. The van der Waals surface area contributed by atoms with E-state index >= 15 is 0 Å². The van der Waals surface area contributed by atoms with Gasteiger partial charge in [0.25, 0.3) is 5.91 Å². The summed E-state index contributed by atoms with van der Waals surface area (Å²) in [6.07, 6.45) is 2.54. The van der Waals surface area contributed by atoms with Crippen molar-refractivity contribution in [3.05, 3.63) is 65.2 Å².